The molecule has 0 spiro atoms. The van der Waals surface area contributed by atoms with Crippen LogP contribution in [-0.4, -0.2) is 22.1 Å². The molecular weight excluding hydrogens is 396 g/mol. The van der Waals surface area contributed by atoms with Crippen LogP contribution in [0.4, 0.5) is 0 Å². The van der Waals surface area contributed by atoms with Gasteiger partial charge >= 0.3 is 0 Å². The summed E-state index contributed by atoms with van der Waals surface area (Å²) < 4.78 is 6.50. The van der Waals surface area contributed by atoms with E-state index >= 15 is 0 Å². The van der Waals surface area contributed by atoms with Crippen molar-refractivity contribution in [1.29, 1.82) is 0 Å². The minimum Gasteiger partial charge on any atom is -0.487 e. The van der Waals surface area contributed by atoms with E-state index in [1.165, 1.54) is 51.4 Å². The smallest absolute Gasteiger partial charge is 0.194 e. The van der Waals surface area contributed by atoms with Gasteiger partial charge in [0, 0.05) is 11.1 Å². The Hall–Kier alpha value is -1.09. The van der Waals surface area contributed by atoms with Gasteiger partial charge in [-0.2, -0.15) is 0 Å². The number of rotatable bonds is 12. The van der Waals surface area contributed by atoms with Crippen LogP contribution in [0.15, 0.2) is 22.5 Å². The van der Waals surface area contributed by atoms with Gasteiger partial charge < -0.3 is 9.84 Å². The van der Waals surface area contributed by atoms with Gasteiger partial charge in [-0.05, 0) is 76.7 Å². The summed E-state index contributed by atoms with van der Waals surface area (Å²) in [6.45, 7) is 17.0. The van der Waals surface area contributed by atoms with Crippen LogP contribution in [-0.2, 0) is 9.53 Å². The Kier molecular flexibility index (Phi) is 9.64. The van der Waals surface area contributed by atoms with Crippen LogP contribution in [0.1, 0.15) is 126 Å². The Morgan fingerprint density at radius 1 is 0.875 bits per heavy atom. The summed E-state index contributed by atoms with van der Waals surface area (Å²) in [7, 11) is 0. The lowest BCUT2D eigenvalue weighted by molar-refractivity contribution is -0.130. The maximum absolute atomic E-state index is 12.5. The van der Waals surface area contributed by atoms with E-state index in [4.69, 9.17) is 4.74 Å². The van der Waals surface area contributed by atoms with E-state index in [2.05, 4.69) is 34.6 Å². The number of ether oxygens (including phenoxy) is 1. The Morgan fingerprint density at radius 2 is 1.41 bits per heavy atom. The maximum Gasteiger partial charge on any atom is 0.194 e. The second-order valence-electron chi connectivity index (χ2n) is 11.9. The van der Waals surface area contributed by atoms with Crippen molar-refractivity contribution >= 4 is 5.78 Å². The number of carbonyl (C=O) groups excluding carboxylic acids is 1. The van der Waals surface area contributed by atoms with Crippen molar-refractivity contribution in [2.45, 2.75) is 137 Å². The molecule has 184 valence electrons. The van der Waals surface area contributed by atoms with E-state index in [1.54, 1.807) is 13.8 Å². The summed E-state index contributed by atoms with van der Waals surface area (Å²) in [6, 6.07) is 0. The number of hydrogen-bond donors (Lipinski definition) is 1. The zero-order chi connectivity index (χ0) is 24.1. The summed E-state index contributed by atoms with van der Waals surface area (Å²) in [4.78, 5) is 12.5. The predicted molar refractivity (Wildman–Crippen MR) is 134 cm³/mol. The van der Waals surface area contributed by atoms with Crippen LogP contribution >= 0.6 is 0 Å². The fraction of sp³-hybridized carbons (Fsp3) is 0.828. The molecule has 0 bridgehead atoms. The molecule has 32 heavy (non-hydrogen) atoms. The predicted octanol–water partition coefficient (Wildman–Crippen LogP) is 7.92. The van der Waals surface area contributed by atoms with E-state index in [9.17, 15) is 9.90 Å². The molecule has 0 saturated carbocycles. The molecule has 2 rings (SSSR count). The first-order chi connectivity index (χ1) is 14.9. The Labute approximate surface area is 198 Å². The third-order valence-electron chi connectivity index (χ3n) is 8.07. The third-order valence-corrected chi connectivity index (χ3v) is 8.07. The second kappa shape index (κ2) is 11.4. The molecule has 1 aliphatic heterocycles. The van der Waals surface area contributed by atoms with E-state index in [-0.39, 0.29) is 11.4 Å². The van der Waals surface area contributed by atoms with Crippen molar-refractivity contribution in [1.82, 2.24) is 0 Å². The fourth-order valence-electron chi connectivity index (χ4n) is 5.45. The molecule has 0 aromatic heterocycles. The number of Topliss-reactive ketones (excluding diaryl/α,β-unsaturated/α-hetero) is 1. The number of allylic oxidation sites excluding steroid dienone is 1. The topological polar surface area (TPSA) is 46.5 Å². The minimum absolute atomic E-state index is 0.177. The van der Waals surface area contributed by atoms with Gasteiger partial charge in [0.15, 0.2) is 5.78 Å². The molecule has 0 aromatic carbocycles. The number of ketones is 1. The highest BCUT2D eigenvalue weighted by molar-refractivity contribution is 6.06. The van der Waals surface area contributed by atoms with Crippen LogP contribution in [0.25, 0.3) is 0 Å². The molecule has 4 atom stereocenters. The highest BCUT2D eigenvalue weighted by atomic mass is 16.5. The summed E-state index contributed by atoms with van der Waals surface area (Å²) in [5.74, 6) is 3.05. The van der Waals surface area contributed by atoms with Gasteiger partial charge in [0.25, 0.3) is 0 Å². The Balaban J connectivity index is 1.76. The number of hydrogen-bond acceptors (Lipinski definition) is 3. The van der Waals surface area contributed by atoms with Gasteiger partial charge in [-0.1, -0.05) is 72.6 Å². The van der Waals surface area contributed by atoms with E-state index in [0.717, 1.165) is 53.9 Å². The van der Waals surface area contributed by atoms with Gasteiger partial charge in [0.05, 0.1) is 0 Å². The standard InChI is InChI=1S/C29H50O3/c1-20(2)12-9-13-21(3)14-10-15-22(4)16-11-18-28(7)19-17-25-26(32-28)23(5)24(6)27(30)29(25,8)31/h20-22,31H,9-19H2,1-8H3/t21-,22-,28-,29-/m1/s1. The van der Waals surface area contributed by atoms with Crippen molar-refractivity contribution in [3.63, 3.8) is 0 Å². The van der Waals surface area contributed by atoms with Crippen LogP contribution in [0.5, 0.6) is 0 Å². The fourth-order valence-corrected chi connectivity index (χ4v) is 5.45. The number of carbonyl (C=O) groups is 1. The molecule has 1 heterocycles. The maximum atomic E-state index is 12.5. The van der Waals surface area contributed by atoms with Crippen LogP contribution in [0.3, 0.4) is 0 Å². The van der Waals surface area contributed by atoms with Crippen molar-refractivity contribution in [3.05, 3.63) is 22.5 Å². The third kappa shape index (κ3) is 6.95. The van der Waals surface area contributed by atoms with Crippen LogP contribution in [0.2, 0.25) is 0 Å². The average molecular weight is 447 g/mol. The Morgan fingerprint density at radius 3 is 1.97 bits per heavy atom. The Bertz CT molecular complexity index is 712. The summed E-state index contributed by atoms with van der Waals surface area (Å²) in [6.07, 6.45) is 13.2. The summed E-state index contributed by atoms with van der Waals surface area (Å²) in [5.41, 5.74) is 0.685. The zero-order valence-corrected chi connectivity index (χ0v) is 22.3. The lowest BCUT2D eigenvalue weighted by Gasteiger charge is -2.43. The molecule has 0 aromatic rings. The normalized spacial score (nSPS) is 28.1. The van der Waals surface area contributed by atoms with E-state index in [0.29, 0.717) is 5.57 Å². The van der Waals surface area contributed by atoms with Gasteiger partial charge in [-0.25, -0.2) is 0 Å². The quantitative estimate of drug-likeness (QED) is 0.331. The molecule has 0 amide bonds. The zero-order valence-electron chi connectivity index (χ0n) is 22.3. The summed E-state index contributed by atoms with van der Waals surface area (Å²) >= 11 is 0. The molecule has 1 N–H and O–H groups in total. The monoisotopic (exact) mass is 446 g/mol. The van der Waals surface area contributed by atoms with Gasteiger partial charge in [-0.15, -0.1) is 0 Å². The highest BCUT2D eigenvalue weighted by Crippen LogP contribution is 2.45. The molecule has 3 heteroatoms. The molecule has 0 fully saturated rings. The van der Waals surface area contributed by atoms with Crippen molar-refractivity contribution in [3.8, 4) is 0 Å². The van der Waals surface area contributed by atoms with E-state index < -0.39 is 5.60 Å². The summed E-state index contributed by atoms with van der Waals surface area (Å²) in [5, 5.41) is 10.8. The first-order valence-corrected chi connectivity index (χ1v) is 13.2. The molecule has 3 nitrogen and oxygen atoms in total. The molecule has 1 aliphatic carbocycles. The van der Waals surface area contributed by atoms with Gasteiger partial charge in [0.1, 0.15) is 17.0 Å². The molecule has 0 unspecified atom stereocenters. The highest BCUT2D eigenvalue weighted by Gasteiger charge is 2.46. The van der Waals surface area contributed by atoms with Gasteiger partial charge in [-0.3, -0.25) is 4.79 Å². The van der Waals surface area contributed by atoms with Crippen molar-refractivity contribution in [2.24, 2.45) is 17.8 Å². The minimum atomic E-state index is -1.42. The molecule has 2 aliphatic rings. The molecular formula is C29H50O3. The lowest BCUT2D eigenvalue weighted by Crippen LogP contribution is -2.46. The average Bonchev–Trinajstić information content (AvgIpc) is 2.70. The SMILES string of the molecule is CC1=C(C)C2=C(CC[C@@](C)(CCC[C@H](C)CCC[C@H](C)CCCC(C)C)O2)[C@@](C)(O)C1=O. The van der Waals surface area contributed by atoms with Crippen LogP contribution in [0, 0.1) is 17.8 Å². The van der Waals surface area contributed by atoms with Crippen molar-refractivity contribution < 1.29 is 14.6 Å². The van der Waals surface area contributed by atoms with Gasteiger partial charge in [0.2, 0.25) is 0 Å². The lowest BCUT2D eigenvalue weighted by atomic mass is 9.74. The number of aliphatic hydroxyl groups is 1. The van der Waals surface area contributed by atoms with E-state index in [1.807, 2.05) is 6.92 Å². The first kappa shape index (κ1) is 27.2. The molecule has 0 radical (unpaired) electrons. The second-order valence-corrected chi connectivity index (χ2v) is 11.9. The van der Waals surface area contributed by atoms with Crippen LogP contribution < -0.4 is 0 Å². The van der Waals surface area contributed by atoms with Crippen molar-refractivity contribution in [2.75, 3.05) is 0 Å². The first-order valence-electron chi connectivity index (χ1n) is 13.2. The largest absolute Gasteiger partial charge is 0.487 e. The molecule has 0 saturated heterocycles.